The maximum absolute atomic E-state index is 6.79. The topological polar surface area (TPSA) is 22.4 Å². The summed E-state index contributed by atoms with van der Waals surface area (Å²) in [7, 11) is 0. The van der Waals surface area contributed by atoms with E-state index >= 15 is 0 Å². The van der Waals surface area contributed by atoms with Gasteiger partial charge >= 0.3 is 0 Å². The van der Waals surface area contributed by atoms with Crippen molar-refractivity contribution < 1.29 is 9.15 Å². The Morgan fingerprint density at radius 3 is 2.05 bits per heavy atom. The van der Waals surface area contributed by atoms with Crippen LogP contribution in [0.1, 0.15) is 29.2 Å². The minimum Gasteiger partial charge on any atom is -0.456 e. The van der Waals surface area contributed by atoms with Gasteiger partial charge in [0.05, 0.1) is 5.41 Å². The highest BCUT2D eigenvalue weighted by atomic mass is 16.5. The van der Waals surface area contributed by atoms with E-state index < -0.39 is 0 Å². The van der Waals surface area contributed by atoms with E-state index in [1.165, 1.54) is 71.8 Å². The van der Waals surface area contributed by atoms with E-state index in [2.05, 4.69) is 195 Å². The third-order valence-electron chi connectivity index (χ3n) is 14.5. The number of fused-ring (bicyclic) bond motifs is 14. The summed E-state index contributed by atoms with van der Waals surface area (Å²) in [6, 6.07) is 62.8. The van der Waals surface area contributed by atoms with Crippen LogP contribution < -0.4 is 4.74 Å². The Hall–Kier alpha value is -7.42. The number of furan rings is 1. The van der Waals surface area contributed by atoms with Gasteiger partial charge in [-0.25, -0.2) is 0 Å². The quantitative estimate of drug-likeness (QED) is 0.175. The van der Waals surface area contributed by atoms with Gasteiger partial charge in [0.15, 0.2) is 0 Å². The van der Waals surface area contributed by atoms with E-state index in [4.69, 9.17) is 9.15 Å². The highest BCUT2D eigenvalue weighted by Gasteiger charge is 2.60. The molecule has 0 amide bonds. The van der Waals surface area contributed by atoms with E-state index in [1.54, 1.807) is 0 Å². The van der Waals surface area contributed by atoms with E-state index in [-0.39, 0.29) is 16.7 Å². The van der Waals surface area contributed by atoms with Crippen molar-refractivity contribution in [3.63, 3.8) is 0 Å². The molecule has 0 saturated carbocycles. The number of allylic oxidation sites excluding steroid dienone is 4. The highest BCUT2D eigenvalue weighted by molar-refractivity contribution is 6.18. The summed E-state index contributed by atoms with van der Waals surface area (Å²) < 4.78 is 13.1. The van der Waals surface area contributed by atoms with Crippen molar-refractivity contribution in [2.24, 2.45) is 5.92 Å². The van der Waals surface area contributed by atoms with E-state index in [1.807, 2.05) is 6.07 Å². The minimum atomic E-state index is -0.382. The largest absolute Gasteiger partial charge is 0.456 e. The summed E-state index contributed by atoms with van der Waals surface area (Å²) in [5, 5.41) is 7.24. The summed E-state index contributed by atoms with van der Waals surface area (Å²) in [5.41, 5.74) is 16.5. The molecule has 14 rings (SSSR count). The summed E-state index contributed by atoms with van der Waals surface area (Å²) in [6.07, 6.45) is 9.46. The molecule has 2 heteroatoms. The van der Waals surface area contributed by atoms with Crippen molar-refractivity contribution in [3.05, 3.63) is 216 Å². The standard InChI is InChI=1S/C58H36O2/c1-57-31-7-6-24-53(57)58(45-20-4-2-14-38(45)41-16-8-12-34-13-9-21-47(58)54(34)41)48-33-36(25-28-46(48)57)35-26-29-50-44(32-35)42-18-10-17-39-37(27-30-52(60-50)55(39)42)40-19-11-23-51-56(40)43-15-3-5-22-49(43)59-51/h2-33,53H,1H3. The van der Waals surface area contributed by atoms with E-state index in [0.717, 1.165) is 50.0 Å². The molecule has 1 aliphatic heterocycles. The lowest BCUT2D eigenvalue weighted by Gasteiger charge is -2.45. The first kappa shape index (κ1) is 32.5. The molecule has 60 heavy (non-hydrogen) atoms. The molecule has 4 aliphatic rings. The molecule has 1 aromatic heterocycles. The smallest absolute Gasteiger partial charge is 0.136 e. The van der Waals surface area contributed by atoms with Crippen molar-refractivity contribution in [1.82, 2.24) is 0 Å². The van der Waals surface area contributed by atoms with Crippen LogP contribution in [0.15, 0.2) is 199 Å². The highest BCUT2D eigenvalue weighted by Crippen LogP contribution is 2.66. The van der Waals surface area contributed by atoms with Gasteiger partial charge in [0.25, 0.3) is 0 Å². The summed E-state index contributed by atoms with van der Waals surface area (Å²) in [4.78, 5) is 0. The van der Waals surface area contributed by atoms with Gasteiger partial charge in [0.1, 0.15) is 22.7 Å². The molecular weight excluding hydrogens is 729 g/mol. The third-order valence-corrected chi connectivity index (χ3v) is 14.5. The van der Waals surface area contributed by atoms with Crippen LogP contribution in [0.4, 0.5) is 0 Å². The molecule has 2 nitrogen and oxygen atoms in total. The monoisotopic (exact) mass is 764 g/mol. The molecule has 3 unspecified atom stereocenters. The van der Waals surface area contributed by atoms with Gasteiger partial charge in [-0.1, -0.05) is 165 Å². The van der Waals surface area contributed by atoms with Gasteiger partial charge in [-0.2, -0.15) is 0 Å². The Labute approximate surface area is 347 Å². The maximum Gasteiger partial charge on any atom is 0.136 e. The minimum absolute atomic E-state index is 0.183. The van der Waals surface area contributed by atoms with Crippen molar-refractivity contribution in [1.29, 1.82) is 0 Å². The lowest BCUT2D eigenvalue weighted by molar-refractivity contribution is 0.368. The molecule has 0 fully saturated rings. The van der Waals surface area contributed by atoms with Gasteiger partial charge in [-0.3, -0.25) is 0 Å². The first-order valence-corrected chi connectivity index (χ1v) is 21.0. The Kier molecular flexibility index (Phi) is 6.18. The number of hydrogen-bond acceptors (Lipinski definition) is 2. The lowest BCUT2D eigenvalue weighted by atomic mass is 9.56. The fourth-order valence-electron chi connectivity index (χ4n) is 12.0. The van der Waals surface area contributed by atoms with Crippen molar-refractivity contribution >= 4 is 43.5 Å². The van der Waals surface area contributed by atoms with E-state index in [9.17, 15) is 0 Å². The van der Waals surface area contributed by atoms with Crippen LogP contribution in [-0.4, -0.2) is 0 Å². The van der Waals surface area contributed by atoms with Gasteiger partial charge in [0, 0.05) is 33.1 Å². The predicted octanol–water partition coefficient (Wildman–Crippen LogP) is 15.3. The predicted molar refractivity (Wildman–Crippen MR) is 246 cm³/mol. The van der Waals surface area contributed by atoms with Crippen LogP contribution in [0.3, 0.4) is 0 Å². The number of rotatable bonds is 2. The third kappa shape index (κ3) is 3.94. The summed E-state index contributed by atoms with van der Waals surface area (Å²) in [6.45, 7) is 2.45. The average molecular weight is 765 g/mol. The van der Waals surface area contributed by atoms with E-state index in [0.29, 0.717) is 0 Å². The molecule has 0 saturated heterocycles. The number of benzene rings is 9. The Morgan fingerprint density at radius 2 is 1.12 bits per heavy atom. The molecule has 0 radical (unpaired) electrons. The number of hydrogen-bond donors (Lipinski definition) is 0. The second kappa shape index (κ2) is 11.4. The normalized spacial score (nSPS) is 20.1. The van der Waals surface area contributed by atoms with Gasteiger partial charge in [-0.15, -0.1) is 0 Å². The van der Waals surface area contributed by atoms with Gasteiger partial charge < -0.3 is 9.15 Å². The molecular formula is C58H36O2. The van der Waals surface area contributed by atoms with Crippen molar-refractivity contribution in [2.75, 3.05) is 0 Å². The van der Waals surface area contributed by atoms with Crippen molar-refractivity contribution in [2.45, 2.75) is 17.8 Å². The van der Waals surface area contributed by atoms with Crippen molar-refractivity contribution in [3.8, 4) is 56.0 Å². The molecule has 10 aromatic rings. The molecule has 3 aliphatic carbocycles. The zero-order valence-electron chi connectivity index (χ0n) is 32.9. The zero-order chi connectivity index (χ0) is 39.3. The molecule has 3 atom stereocenters. The van der Waals surface area contributed by atoms with Crippen LogP contribution >= 0.6 is 0 Å². The second-order valence-electron chi connectivity index (χ2n) is 17.3. The number of para-hydroxylation sites is 1. The first-order valence-electron chi connectivity index (χ1n) is 21.0. The Morgan fingerprint density at radius 1 is 0.433 bits per heavy atom. The molecule has 0 bridgehead atoms. The Bertz CT molecular complexity index is 3610. The molecule has 0 N–H and O–H groups in total. The first-order chi connectivity index (χ1) is 29.6. The average Bonchev–Trinajstić information content (AvgIpc) is 3.79. The van der Waals surface area contributed by atoms with Crippen LogP contribution in [0.2, 0.25) is 0 Å². The SMILES string of the molecule is CC12C=CC=CC1C1(c3ccccc3-c3cccc4cccc1c34)c1cc(-c3ccc4c(c3)-c3cccc5c(-c6cccc7oc8ccccc8c67)ccc(c35)O4)ccc12. The van der Waals surface area contributed by atoms with Crippen LogP contribution in [0.25, 0.3) is 88.0 Å². The van der Waals surface area contributed by atoms with Gasteiger partial charge in [-0.05, 0) is 114 Å². The van der Waals surface area contributed by atoms with Gasteiger partial charge in [0.2, 0.25) is 0 Å². The van der Waals surface area contributed by atoms with Crippen LogP contribution in [0, 0.1) is 5.92 Å². The lowest BCUT2D eigenvalue weighted by Crippen LogP contribution is -2.41. The summed E-state index contributed by atoms with van der Waals surface area (Å²) >= 11 is 0. The molecule has 1 spiro atoms. The number of ether oxygens (including phenoxy) is 1. The molecule has 9 aromatic carbocycles. The van der Waals surface area contributed by atoms with Crippen LogP contribution in [-0.2, 0) is 10.8 Å². The second-order valence-corrected chi connectivity index (χ2v) is 17.3. The fraction of sp³-hybridized carbons (Fsp3) is 0.0690. The zero-order valence-corrected chi connectivity index (χ0v) is 32.9. The Balaban J connectivity index is 0.979. The fourth-order valence-corrected chi connectivity index (χ4v) is 12.0. The van der Waals surface area contributed by atoms with Crippen LogP contribution in [0.5, 0.6) is 11.5 Å². The summed E-state index contributed by atoms with van der Waals surface area (Å²) in [5.74, 6) is 1.97. The molecule has 2 heterocycles. The molecule has 280 valence electrons. The maximum atomic E-state index is 6.79.